The first-order valence-corrected chi connectivity index (χ1v) is 6.32. The summed E-state index contributed by atoms with van der Waals surface area (Å²) in [4.78, 5) is 11.7. The highest BCUT2D eigenvalue weighted by Gasteiger charge is 2.01. The van der Waals surface area contributed by atoms with Crippen LogP contribution in [0.25, 0.3) is 0 Å². The van der Waals surface area contributed by atoms with E-state index in [0.29, 0.717) is 18.7 Å². The van der Waals surface area contributed by atoms with Crippen LogP contribution in [-0.4, -0.2) is 6.03 Å². The zero-order valence-corrected chi connectivity index (χ0v) is 11.0. The molecule has 0 atom stereocenters. The number of benzene rings is 2. The summed E-state index contributed by atoms with van der Waals surface area (Å²) in [6.07, 6.45) is 0.375. The van der Waals surface area contributed by atoms with Gasteiger partial charge in [0.15, 0.2) is 0 Å². The summed E-state index contributed by atoms with van der Waals surface area (Å²) < 4.78 is 0. The number of nitrogens with zero attached hydrogens (tertiary/aromatic N) is 1. The summed E-state index contributed by atoms with van der Waals surface area (Å²) in [7, 11) is 0. The third kappa shape index (κ3) is 4.14. The molecule has 4 heteroatoms. The van der Waals surface area contributed by atoms with E-state index in [0.717, 1.165) is 11.1 Å². The molecular weight excluding hydrogens is 250 g/mol. The molecule has 0 unspecified atom stereocenters. The Morgan fingerprint density at radius 3 is 2.35 bits per heavy atom. The normalized spacial score (nSPS) is 9.55. The molecule has 2 amide bonds. The number of carbonyl (C=O) groups excluding carboxylic acids is 1. The largest absolute Gasteiger partial charge is 0.334 e. The number of urea groups is 1. The Labute approximate surface area is 118 Å². The summed E-state index contributed by atoms with van der Waals surface area (Å²) in [6, 6.07) is 18.8. The van der Waals surface area contributed by atoms with Gasteiger partial charge < -0.3 is 10.6 Å². The fourth-order valence-corrected chi connectivity index (χ4v) is 1.75. The molecule has 0 heterocycles. The maximum Gasteiger partial charge on any atom is 0.319 e. The molecule has 20 heavy (non-hydrogen) atoms. The molecular formula is C16H15N3O. The average molecular weight is 265 g/mol. The fourth-order valence-electron chi connectivity index (χ4n) is 1.75. The number of anilines is 1. The van der Waals surface area contributed by atoms with Gasteiger partial charge in [-0.3, -0.25) is 0 Å². The van der Waals surface area contributed by atoms with Crippen molar-refractivity contribution in [2.24, 2.45) is 0 Å². The van der Waals surface area contributed by atoms with Gasteiger partial charge in [-0.1, -0.05) is 42.5 Å². The van der Waals surface area contributed by atoms with Gasteiger partial charge in [0.2, 0.25) is 0 Å². The van der Waals surface area contributed by atoms with Crippen molar-refractivity contribution in [2.75, 3.05) is 5.32 Å². The van der Waals surface area contributed by atoms with Gasteiger partial charge in [-0.2, -0.15) is 5.26 Å². The highest BCUT2D eigenvalue weighted by molar-refractivity contribution is 5.89. The van der Waals surface area contributed by atoms with Crippen LogP contribution in [0.1, 0.15) is 11.1 Å². The van der Waals surface area contributed by atoms with E-state index < -0.39 is 0 Å². The maximum absolute atomic E-state index is 11.7. The quantitative estimate of drug-likeness (QED) is 0.892. The molecule has 0 spiro atoms. The summed E-state index contributed by atoms with van der Waals surface area (Å²) in [5.41, 5.74) is 2.69. The van der Waals surface area contributed by atoms with Crippen LogP contribution in [0.5, 0.6) is 0 Å². The van der Waals surface area contributed by atoms with Crippen molar-refractivity contribution in [1.82, 2.24) is 5.32 Å². The number of nitriles is 1. The molecule has 0 aliphatic carbocycles. The number of rotatable bonds is 4. The first-order valence-electron chi connectivity index (χ1n) is 6.32. The lowest BCUT2D eigenvalue weighted by Crippen LogP contribution is -2.28. The summed E-state index contributed by atoms with van der Waals surface area (Å²) in [5, 5.41) is 14.1. The van der Waals surface area contributed by atoms with Crippen molar-refractivity contribution in [1.29, 1.82) is 5.26 Å². The van der Waals surface area contributed by atoms with Gasteiger partial charge in [-0.15, -0.1) is 0 Å². The molecule has 0 aliphatic rings. The van der Waals surface area contributed by atoms with E-state index in [-0.39, 0.29) is 6.03 Å². The second-order valence-corrected chi connectivity index (χ2v) is 4.33. The monoisotopic (exact) mass is 265 g/mol. The van der Waals surface area contributed by atoms with Gasteiger partial charge in [0.1, 0.15) is 0 Å². The molecule has 4 nitrogen and oxygen atoms in total. The molecule has 2 rings (SSSR count). The molecule has 100 valence electrons. The first-order chi connectivity index (χ1) is 9.78. The first kappa shape index (κ1) is 13.6. The number of hydrogen-bond acceptors (Lipinski definition) is 2. The van der Waals surface area contributed by atoms with Crippen LogP contribution in [0.4, 0.5) is 10.5 Å². The van der Waals surface area contributed by atoms with Crippen molar-refractivity contribution < 1.29 is 4.79 Å². The number of nitrogens with one attached hydrogen (secondary N) is 2. The molecule has 2 aromatic carbocycles. The molecule has 0 bridgehead atoms. The van der Waals surface area contributed by atoms with Crippen LogP contribution in [0.15, 0.2) is 54.6 Å². The average Bonchev–Trinajstić information content (AvgIpc) is 2.49. The van der Waals surface area contributed by atoms with Crippen LogP contribution < -0.4 is 10.6 Å². The molecule has 0 saturated carbocycles. The third-order valence-electron chi connectivity index (χ3n) is 2.79. The minimum absolute atomic E-state index is 0.248. The smallest absolute Gasteiger partial charge is 0.319 e. The standard InChI is InChI=1S/C16H15N3O/c17-11-10-13-6-8-15(9-7-13)19-16(20)18-12-14-4-2-1-3-5-14/h1-9H,10,12H2,(H2,18,19,20). The van der Waals surface area contributed by atoms with Gasteiger partial charge in [-0.05, 0) is 23.3 Å². The Balaban J connectivity index is 1.84. The van der Waals surface area contributed by atoms with Crippen molar-refractivity contribution >= 4 is 11.7 Å². The number of amides is 2. The number of hydrogen-bond donors (Lipinski definition) is 2. The highest BCUT2D eigenvalue weighted by atomic mass is 16.2. The van der Waals surface area contributed by atoms with Crippen LogP contribution in [0, 0.1) is 11.3 Å². The van der Waals surface area contributed by atoms with E-state index in [1.165, 1.54) is 0 Å². The Morgan fingerprint density at radius 1 is 1.00 bits per heavy atom. The second-order valence-electron chi connectivity index (χ2n) is 4.33. The van der Waals surface area contributed by atoms with Crippen molar-refractivity contribution in [3.8, 4) is 6.07 Å². The summed E-state index contributed by atoms with van der Waals surface area (Å²) in [6.45, 7) is 0.485. The fraction of sp³-hybridized carbons (Fsp3) is 0.125. The Bertz CT molecular complexity index is 600. The van der Waals surface area contributed by atoms with Crippen LogP contribution in [-0.2, 0) is 13.0 Å². The third-order valence-corrected chi connectivity index (χ3v) is 2.79. The maximum atomic E-state index is 11.7. The van der Waals surface area contributed by atoms with E-state index in [1.54, 1.807) is 12.1 Å². The van der Waals surface area contributed by atoms with E-state index in [1.807, 2.05) is 42.5 Å². The lowest BCUT2D eigenvalue weighted by Gasteiger charge is -2.08. The Morgan fingerprint density at radius 2 is 1.70 bits per heavy atom. The van der Waals surface area contributed by atoms with Crippen molar-refractivity contribution in [3.05, 3.63) is 65.7 Å². The van der Waals surface area contributed by atoms with Gasteiger partial charge in [0.05, 0.1) is 12.5 Å². The lowest BCUT2D eigenvalue weighted by atomic mass is 10.1. The van der Waals surface area contributed by atoms with E-state index >= 15 is 0 Å². The topological polar surface area (TPSA) is 64.9 Å². The molecule has 0 aliphatic heterocycles. The van der Waals surface area contributed by atoms with Crippen molar-refractivity contribution in [2.45, 2.75) is 13.0 Å². The van der Waals surface area contributed by atoms with Crippen LogP contribution in [0.3, 0.4) is 0 Å². The lowest BCUT2D eigenvalue weighted by molar-refractivity contribution is 0.251. The second kappa shape index (κ2) is 6.95. The predicted molar refractivity (Wildman–Crippen MR) is 78.1 cm³/mol. The van der Waals surface area contributed by atoms with E-state index in [4.69, 9.17) is 5.26 Å². The number of carbonyl (C=O) groups is 1. The van der Waals surface area contributed by atoms with E-state index in [2.05, 4.69) is 16.7 Å². The minimum Gasteiger partial charge on any atom is -0.334 e. The molecule has 2 aromatic rings. The molecule has 0 saturated heterocycles. The molecule has 0 aromatic heterocycles. The molecule has 0 radical (unpaired) electrons. The van der Waals surface area contributed by atoms with Gasteiger partial charge in [-0.25, -0.2) is 4.79 Å². The Hall–Kier alpha value is -2.80. The molecule has 0 fully saturated rings. The zero-order chi connectivity index (χ0) is 14.2. The zero-order valence-electron chi connectivity index (χ0n) is 11.0. The predicted octanol–water partition coefficient (Wildman–Crippen LogP) is 3.07. The Kier molecular flexibility index (Phi) is 4.74. The van der Waals surface area contributed by atoms with Gasteiger partial charge in [0.25, 0.3) is 0 Å². The SMILES string of the molecule is N#CCc1ccc(NC(=O)NCc2ccccc2)cc1. The van der Waals surface area contributed by atoms with Crippen LogP contribution in [0.2, 0.25) is 0 Å². The highest BCUT2D eigenvalue weighted by Crippen LogP contribution is 2.09. The molecule has 2 N–H and O–H groups in total. The minimum atomic E-state index is -0.248. The van der Waals surface area contributed by atoms with Crippen LogP contribution >= 0.6 is 0 Å². The summed E-state index contributed by atoms with van der Waals surface area (Å²) >= 11 is 0. The van der Waals surface area contributed by atoms with Crippen molar-refractivity contribution in [3.63, 3.8) is 0 Å². The van der Waals surface area contributed by atoms with E-state index in [9.17, 15) is 4.79 Å². The van der Waals surface area contributed by atoms with Gasteiger partial charge in [0, 0.05) is 12.2 Å². The summed E-state index contributed by atoms with van der Waals surface area (Å²) in [5.74, 6) is 0. The van der Waals surface area contributed by atoms with Gasteiger partial charge >= 0.3 is 6.03 Å².